The van der Waals surface area contributed by atoms with Crippen LogP contribution in [0, 0.1) is 0 Å². The molecule has 2 heterocycles. The van der Waals surface area contributed by atoms with E-state index in [0.717, 1.165) is 103 Å². The fourth-order valence-corrected chi connectivity index (χ4v) is 9.53. The lowest BCUT2D eigenvalue weighted by Crippen LogP contribution is -2.65. The molecule has 2 aliphatic rings. The molecule has 12 unspecified atom stereocenters. The summed E-state index contributed by atoms with van der Waals surface area (Å²) in [6, 6.07) is -0.951. The van der Waals surface area contributed by atoms with Crippen LogP contribution in [0.15, 0.2) is 97.2 Å². The number of aliphatic hydroxyl groups is 8. The average molecular weight is 1110 g/mol. The molecule has 0 aromatic rings. The molecule has 14 nitrogen and oxygen atoms in total. The Morgan fingerprint density at radius 3 is 1.39 bits per heavy atom. The number of hydrogen-bond acceptors (Lipinski definition) is 13. The highest BCUT2D eigenvalue weighted by atomic mass is 16.7. The Bertz CT molecular complexity index is 1690. The van der Waals surface area contributed by atoms with Gasteiger partial charge in [0.25, 0.3) is 0 Å². The van der Waals surface area contributed by atoms with Crippen LogP contribution in [0.3, 0.4) is 0 Å². The number of carbonyl (C=O) groups excluding carboxylic acids is 1. The summed E-state index contributed by atoms with van der Waals surface area (Å²) in [6.07, 6.45) is 51.5. The van der Waals surface area contributed by atoms with Crippen LogP contribution < -0.4 is 5.32 Å². The van der Waals surface area contributed by atoms with Crippen molar-refractivity contribution >= 4 is 5.91 Å². The van der Waals surface area contributed by atoms with E-state index in [1.54, 1.807) is 6.08 Å². The zero-order chi connectivity index (χ0) is 57.4. The molecule has 2 saturated heterocycles. The minimum Gasteiger partial charge on any atom is -0.394 e. The van der Waals surface area contributed by atoms with Crippen LogP contribution >= 0.6 is 0 Å². The molecule has 454 valence electrons. The number of amides is 1. The lowest BCUT2D eigenvalue weighted by atomic mass is 9.97. The molecule has 9 N–H and O–H groups in total. The number of unbranched alkanes of at least 4 members (excludes halogenated alkanes) is 21. The summed E-state index contributed by atoms with van der Waals surface area (Å²) in [6.45, 7) is 2.65. The van der Waals surface area contributed by atoms with Crippen molar-refractivity contribution in [1.82, 2.24) is 5.32 Å². The molecule has 0 saturated carbocycles. The molecule has 0 aromatic heterocycles. The van der Waals surface area contributed by atoms with Crippen molar-refractivity contribution in [3.63, 3.8) is 0 Å². The Hall–Kier alpha value is -3.09. The molecule has 0 aliphatic carbocycles. The molecule has 2 rings (SSSR count). The van der Waals surface area contributed by atoms with E-state index in [1.165, 1.54) is 77.0 Å². The highest BCUT2D eigenvalue weighted by Gasteiger charge is 2.51. The second kappa shape index (κ2) is 49.5. The number of aliphatic hydroxyl groups excluding tert-OH is 8. The zero-order valence-electron chi connectivity index (χ0n) is 48.8. The maximum atomic E-state index is 13.3. The maximum absolute atomic E-state index is 13.3. The summed E-state index contributed by atoms with van der Waals surface area (Å²) in [5.41, 5.74) is 0. The van der Waals surface area contributed by atoms with E-state index in [4.69, 9.17) is 18.9 Å². The Morgan fingerprint density at radius 2 is 0.886 bits per heavy atom. The van der Waals surface area contributed by atoms with Gasteiger partial charge in [-0.3, -0.25) is 4.79 Å². The molecule has 0 bridgehead atoms. The van der Waals surface area contributed by atoms with Gasteiger partial charge < -0.3 is 65.1 Å². The van der Waals surface area contributed by atoms with E-state index in [-0.39, 0.29) is 18.9 Å². The summed E-state index contributed by atoms with van der Waals surface area (Å²) < 4.78 is 22.8. The van der Waals surface area contributed by atoms with Gasteiger partial charge in [0.1, 0.15) is 48.8 Å². The molecule has 2 aliphatic heterocycles. The summed E-state index contributed by atoms with van der Waals surface area (Å²) in [5, 5.41) is 87.2. The van der Waals surface area contributed by atoms with Gasteiger partial charge in [0.05, 0.1) is 32.0 Å². The minimum absolute atomic E-state index is 0.251. The summed E-state index contributed by atoms with van der Waals surface area (Å²) in [4.78, 5) is 13.3. The molecule has 79 heavy (non-hydrogen) atoms. The van der Waals surface area contributed by atoms with Gasteiger partial charge in [-0.1, -0.05) is 214 Å². The van der Waals surface area contributed by atoms with E-state index < -0.39 is 86.8 Å². The van der Waals surface area contributed by atoms with Crippen molar-refractivity contribution in [2.45, 2.75) is 286 Å². The van der Waals surface area contributed by atoms with Crippen molar-refractivity contribution < 1.29 is 64.6 Å². The topological polar surface area (TPSA) is 228 Å². The van der Waals surface area contributed by atoms with Crippen molar-refractivity contribution in [3.05, 3.63) is 97.2 Å². The third-order valence-electron chi connectivity index (χ3n) is 14.5. The van der Waals surface area contributed by atoms with Crippen LogP contribution in [0.4, 0.5) is 0 Å². The van der Waals surface area contributed by atoms with Crippen LogP contribution in [-0.2, 0) is 23.7 Å². The first-order chi connectivity index (χ1) is 38.6. The predicted octanol–water partition coefficient (Wildman–Crippen LogP) is 11.1. The van der Waals surface area contributed by atoms with Gasteiger partial charge in [0, 0.05) is 6.42 Å². The summed E-state index contributed by atoms with van der Waals surface area (Å²) >= 11 is 0. The molecular weight excluding hydrogens is 1000 g/mol. The summed E-state index contributed by atoms with van der Waals surface area (Å²) in [5.74, 6) is -0.268. The van der Waals surface area contributed by atoms with E-state index in [2.05, 4.69) is 104 Å². The van der Waals surface area contributed by atoms with Crippen molar-refractivity contribution in [2.75, 3.05) is 19.8 Å². The quantitative estimate of drug-likeness (QED) is 0.0204. The zero-order valence-corrected chi connectivity index (χ0v) is 48.8. The smallest absolute Gasteiger partial charge is 0.220 e. The van der Waals surface area contributed by atoms with E-state index in [9.17, 15) is 45.6 Å². The molecule has 2 fully saturated rings. The Balaban J connectivity index is 1.79. The summed E-state index contributed by atoms with van der Waals surface area (Å²) in [7, 11) is 0. The van der Waals surface area contributed by atoms with E-state index in [1.807, 2.05) is 6.08 Å². The first kappa shape index (κ1) is 72.0. The fraction of sp³-hybridized carbons (Fsp3) is 0.738. The monoisotopic (exact) mass is 1110 g/mol. The molecule has 0 aromatic carbocycles. The Morgan fingerprint density at radius 1 is 0.468 bits per heavy atom. The third kappa shape index (κ3) is 34.8. The first-order valence-electron chi connectivity index (χ1n) is 31.0. The molecule has 14 heteroatoms. The van der Waals surface area contributed by atoms with Crippen LogP contribution in [0.25, 0.3) is 0 Å². The minimum atomic E-state index is -1.80. The largest absolute Gasteiger partial charge is 0.394 e. The third-order valence-corrected chi connectivity index (χ3v) is 14.5. The molecule has 0 radical (unpaired) electrons. The molecule has 0 spiro atoms. The highest BCUT2D eigenvalue weighted by molar-refractivity contribution is 5.76. The number of carbonyl (C=O) groups is 1. The first-order valence-corrected chi connectivity index (χ1v) is 31.0. The van der Waals surface area contributed by atoms with Crippen LogP contribution in [0.5, 0.6) is 0 Å². The number of nitrogens with one attached hydrogen (secondary N) is 1. The Labute approximate surface area is 477 Å². The van der Waals surface area contributed by atoms with Crippen molar-refractivity contribution in [3.8, 4) is 0 Å². The van der Waals surface area contributed by atoms with E-state index >= 15 is 0 Å². The van der Waals surface area contributed by atoms with Gasteiger partial charge in [0.2, 0.25) is 5.91 Å². The normalized spacial score (nSPS) is 25.1. The highest BCUT2D eigenvalue weighted by Crippen LogP contribution is 2.30. The van der Waals surface area contributed by atoms with Crippen LogP contribution in [0.1, 0.15) is 213 Å². The standard InChI is InChI=1S/C65H111NO13/c1-3-5-7-9-11-13-15-17-19-21-23-25-27-29-31-33-35-37-39-41-43-45-47-49-57(70)66-53(52-76-64-62(75)60(73)63(56(51-68)78-64)79-65-61(74)59(72)58(71)55(50-67)77-65)54(69)48-46-44-42-40-38-36-34-32-30-28-26-24-22-20-18-16-14-12-10-8-6-4-2/h5,7,11,13,17,19,23,25,29-32,38,40,46,48,53-56,58-65,67-69,71-75H,3-4,6,8-10,12,14-16,18,20-22,24,26-28,33-37,39,41-45,47,49-52H2,1-2H3,(H,66,70)/b7-5-,13-11-,19-17-,25-23-,31-29-,32-30+,40-38+,48-46+. The van der Waals surface area contributed by atoms with Gasteiger partial charge in [0.15, 0.2) is 12.6 Å². The van der Waals surface area contributed by atoms with Gasteiger partial charge in [-0.15, -0.1) is 0 Å². The maximum Gasteiger partial charge on any atom is 0.220 e. The molecular formula is C65H111NO13. The second-order valence-corrected chi connectivity index (χ2v) is 21.4. The number of rotatable bonds is 48. The number of hydrogen-bond donors (Lipinski definition) is 9. The lowest BCUT2D eigenvalue weighted by molar-refractivity contribution is -0.359. The van der Waals surface area contributed by atoms with Gasteiger partial charge in [-0.05, 0) is 89.9 Å². The number of ether oxygens (including phenoxy) is 4. The van der Waals surface area contributed by atoms with Crippen LogP contribution in [-0.4, -0.2) is 140 Å². The SMILES string of the molecule is CC/C=C\C/C=C\C/C=C\C/C=C\C/C=C\CCCCCCCCCC(=O)NC(COC1OC(CO)C(OC2OC(CO)C(O)C(O)C2O)C(O)C1O)C(O)/C=C/CC/C=C/CC/C=C/CCCCCCCCCCCCCC. The van der Waals surface area contributed by atoms with Crippen molar-refractivity contribution in [2.24, 2.45) is 0 Å². The Kier molecular flexibility index (Phi) is 45.1. The second-order valence-electron chi connectivity index (χ2n) is 21.4. The fourth-order valence-electron chi connectivity index (χ4n) is 9.53. The van der Waals surface area contributed by atoms with Crippen LogP contribution in [0.2, 0.25) is 0 Å². The molecule has 1 amide bonds. The van der Waals surface area contributed by atoms with E-state index in [0.29, 0.717) is 12.8 Å². The molecule has 12 atom stereocenters. The number of allylic oxidation sites excluding steroid dienone is 15. The van der Waals surface area contributed by atoms with Crippen molar-refractivity contribution in [1.29, 1.82) is 0 Å². The average Bonchev–Trinajstić information content (AvgIpc) is 3.47. The van der Waals surface area contributed by atoms with Gasteiger partial charge >= 0.3 is 0 Å². The predicted molar refractivity (Wildman–Crippen MR) is 318 cm³/mol. The van der Waals surface area contributed by atoms with Gasteiger partial charge in [-0.25, -0.2) is 0 Å². The van der Waals surface area contributed by atoms with Gasteiger partial charge in [-0.2, -0.15) is 0 Å². The lowest BCUT2D eigenvalue weighted by Gasteiger charge is -2.46.